The van der Waals surface area contributed by atoms with E-state index in [1.807, 2.05) is 30.3 Å². The molecule has 1 fully saturated rings. The molecular weight excluding hydrogens is 513 g/mol. The minimum Gasteiger partial charge on any atom is -0.488 e. The van der Waals surface area contributed by atoms with Gasteiger partial charge in [0.15, 0.2) is 0 Å². The van der Waals surface area contributed by atoms with E-state index in [2.05, 4.69) is 29.8 Å². The molecule has 3 nitrogen and oxygen atoms in total. The molecular formula is C21H18BrCl2NO2S2. The molecule has 0 radical (unpaired) electrons. The first-order chi connectivity index (χ1) is 13.7. The van der Waals surface area contributed by atoms with Crippen LogP contribution in [0.15, 0.2) is 45.8 Å². The molecule has 1 amide bonds. The second kappa shape index (κ2) is 9.84. The van der Waals surface area contributed by atoms with Gasteiger partial charge in [-0.3, -0.25) is 9.69 Å². The van der Waals surface area contributed by atoms with Gasteiger partial charge in [0.2, 0.25) is 0 Å². The van der Waals surface area contributed by atoms with Crippen molar-refractivity contribution in [3.05, 3.63) is 66.9 Å². The molecule has 2 aromatic carbocycles. The fourth-order valence-corrected chi connectivity index (χ4v) is 4.94. The van der Waals surface area contributed by atoms with Crippen LogP contribution < -0.4 is 4.74 Å². The minimum absolute atomic E-state index is 0.0393. The van der Waals surface area contributed by atoms with E-state index in [1.165, 1.54) is 11.8 Å². The molecule has 29 heavy (non-hydrogen) atoms. The summed E-state index contributed by atoms with van der Waals surface area (Å²) in [5.74, 6) is 1.000. The normalized spacial score (nSPS) is 15.7. The number of carbonyl (C=O) groups is 1. The van der Waals surface area contributed by atoms with Gasteiger partial charge >= 0.3 is 0 Å². The first-order valence-corrected chi connectivity index (χ1v) is 11.6. The Balaban J connectivity index is 1.72. The highest BCUT2D eigenvalue weighted by atomic mass is 79.9. The number of carbonyl (C=O) groups excluding carboxylic acids is 1. The van der Waals surface area contributed by atoms with E-state index in [0.717, 1.165) is 15.6 Å². The molecule has 8 heteroatoms. The zero-order chi connectivity index (χ0) is 21.1. The van der Waals surface area contributed by atoms with Gasteiger partial charge in [-0.1, -0.05) is 73.2 Å². The topological polar surface area (TPSA) is 29.5 Å². The Bertz CT molecular complexity index is 995. The second-order valence-corrected chi connectivity index (χ2v) is 10.3. The first kappa shape index (κ1) is 22.6. The Morgan fingerprint density at radius 3 is 2.66 bits per heavy atom. The van der Waals surface area contributed by atoms with Crippen molar-refractivity contribution in [3.8, 4) is 5.75 Å². The highest BCUT2D eigenvalue weighted by molar-refractivity contribution is 9.10. The maximum Gasteiger partial charge on any atom is 0.266 e. The van der Waals surface area contributed by atoms with Gasteiger partial charge in [-0.2, -0.15) is 0 Å². The van der Waals surface area contributed by atoms with Gasteiger partial charge in [0.1, 0.15) is 16.7 Å². The summed E-state index contributed by atoms with van der Waals surface area (Å²) in [5, 5.41) is 1.15. The maximum absolute atomic E-state index is 12.6. The van der Waals surface area contributed by atoms with E-state index < -0.39 is 0 Å². The van der Waals surface area contributed by atoms with Crippen LogP contribution >= 0.6 is 63.1 Å². The molecule has 0 spiro atoms. The first-order valence-electron chi connectivity index (χ1n) is 8.86. The lowest BCUT2D eigenvalue weighted by atomic mass is 10.2. The predicted octanol–water partition coefficient (Wildman–Crippen LogP) is 7.19. The molecule has 0 aromatic heterocycles. The summed E-state index contributed by atoms with van der Waals surface area (Å²) in [7, 11) is 0. The Labute approximate surface area is 198 Å². The lowest BCUT2D eigenvalue weighted by molar-refractivity contribution is -0.122. The van der Waals surface area contributed by atoms with Crippen molar-refractivity contribution in [3.63, 3.8) is 0 Å². The van der Waals surface area contributed by atoms with Crippen LogP contribution in [0.3, 0.4) is 0 Å². The molecule has 0 saturated carbocycles. The largest absolute Gasteiger partial charge is 0.488 e. The number of benzene rings is 2. The van der Waals surface area contributed by atoms with Crippen molar-refractivity contribution in [1.29, 1.82) is 0 Å². The Morgan fingerprint density at radius 1 is 1.24 bits per heavy atom. The standard InChI is InChI=1S/C21H18BrCl2NO2S2/c1-12(2)10-25-20(26)19(29-21(25)28)8-13-3-6-18(16(22)7-13)27-11-14-4-5-15(23)9-17(14)24/h3-9,12H,10-11H2,1-2H3/b19-8-. The molecule has 1 saturated heterocycles. The molecule has 0 bridgehead atoms. The summed E-state index contributed by atoms with van der Waals surface area (Å²) < 4.78 is 7.26. The van der Waals surface area contributed by atoms with E-state index in [9.17, 15) is 4.79 Å². The number of halogens is 3. The number of ether oxygens (including phenoxy) is 1. The number of rotatable bonds is 6. The Morgan fingerprint density at radius 2 is 2.00 bits per heavy atom. The fraction of sp³-hybridized carbons (Fsp3) is 0.238. The van der Waals surface area contributed by atoms with E-state index in [4.69, 9.17) is 40.2 Å². The van der Waals surface area contributed by atoms with Gasteiger partial charge in [0, 0.05) is 22.2 Å². The lowest BCUT2D eigenvalue weighted by Crippen LogP contribution is -2.31. The van der Waals surface area contributed by atoms with Gasteiger partial charge in [-0.15, -0.1) is 0 Å². The van der Waals surface area contributed by atoms with Crippen molar-refractivity contribution >= 4 is 79.4 Å². The van der Waals surface area contributed by atoms with Crippen LogP contribution in [0, 0.1) is 5.92 Å². The minimum atomic E-state index is -0.0393. The van der Waals surface area contributed by atoms with Gasteiger partial charge in [0.05, 0.1) is 9.38 Å². The van der Waals surface area contributed by atoms with Crippen molar-refractivity contribution in [2.24, 2.45) is 5.92 Å². The molecule has 1 aliphatic heterocycles. The highest BCUT2D eigenvalue weighted by Crippen LogP contribution is 2.35. The number of amides is 1. The number of hydrogen-bond donors (Lipinski definition) is 0. The molecule has 0 aliphatic carbocycles. The van der Waals surface area contributed by atoms with E-state index in [-0.39, 0.29) is 5.91 Å². The van der Waals surface area contributed by atoms with Crippen LogP contribution in [-0.2, 0) is 11.4 Å². The highest BCUT2D eigenvalue weighted by Gasteiger charge is 2.32. The summed E-state index contributed by atoms with van der Waals surface area (Å²) in [6.07, 6.45) is 1.85. The maximum atomic E-state index is 12.6. The van der Waals surface area contributed by atoms with Crippen molar-refractivity contribution < 1.29 is 9.53 Å². The van der Waals surface area contributed by atoms with Crippen LogP contribution in [0.4, 0.5) is 0 Å². The predicted molar refractivity (Wildman–Crippen MR) is 130 cm³/mol. The smallest absolute Gasteiger partial charge is 0.266 e. The number of thioether (sulfide) groups is 1. The van der Waals surface area contributed by atoms with Crippen LogP contribution in [0.2, 0.25) is 10.0 Å². The molecule has 1 heterocycles. The lowest BCUT2D eigenvalue weighted by Gasteiger charge is -2.16. The molecule has 0 N–H and O–H groups in total. The van der Waals surface area contributed by atoms with E-state index in [1.54, 1.807) is 17.0 Å². The summed E-state index contributed by atoms with van der Waals surface area (Å²) in [6, 6.07) is 11.0. The average molecular weight is 531 g/mol. The molecule has 3 rings (SSSR count). The van der Waals surface area contributed by atoms with Crippen LogP contribution in [-0.4, -0.2) is 21.7 Å². The van der Waals surface area contributed by atoms with Crippen molar-refractivity contribution in [2.75, 3.05) is 6.54 Å². The summed E-state index contributed by atoms with van der Waals surface area (Å²) >= 11 is 22.3. The molecule has 2 aromatic rings. The van der Waals surface area contributed by atoms with Gasteiger partial charge in [-0.25, -0.2) is 0 Å². The molecule has 0 unspecified atom stereocenters. The summed E-state index contributed by atoms with van der Waals surface area (Å²) in [6.45, 7) is 5.08. The average Bonchev–Trinajstić information content (AvgIpc) is 2.89. The van der Waals surface area contributed by atoms with Crippen molar-refractivity contribution in [1.82, 2.24) is 4.90 Å². The zero-order valence-corrected chi connectivity index (χ0v) is 20.5. The van der Waals surface area contributed by atoms with Gasteiger partial charge in [0.25, 0.3) is 5.91 Å². The molecule has 0 atom stereocenters. The monoisotopic (exact) mass is 529 g/mol. The van der Waals surface area contributed by atoms with Crippen LogP contribution in [0.5, 0.6) is 5.75 Å². The molecule has 152 valence electrons. The summed E-state index contributed by atoms with van der Waals surface area (Å²) in [5.41, 5.74) is 1.74. The molecule has 1 aliphatic rings. The van der Waals surface area contributed by atoms with Gasteiger partial charge in [-0.05, 0) is 57.8 Å². The summed E-state index contributed by atoms with van der Waals surface area (Å²) in [4.78, 5) is 14.9. The SMILES string of the molecule is CC(C)CN1C(=O)/C(=C/c2ccc(OCc3ccc(Cl)cc3Cl)c(Br)c2)SC1=S. The van der Waals surface area contributed by atoms with Crippen LogP contribution in [0.1, 0.15) is 25.0 Å². The number of hydrogen-bond acceptors (Lipinski definition) is 4. The third-order valence-electron chi connectivity index (χ3n) is 4.07. The van der Waals surface area contributed by atoms with Gasteiger partial charge < -0.3 is 4.74 Å². The van der Waals surface area contributed by atoms with E-state index >= 15 is 0 Å². The number of thiocarbonyl (C=S) groups is 1. The third-order valence-corrected chi connectivity index (χ3v) is 6.66. The fourth-order valence-electron chi connectivity index (χ4n) is 2.69. The number of nitrogens with zero attached hydrogens (tertiary/aromatic N) is 1. The van der Waals surface area contributed by atoms with Crippen LogP contribution in [0.25, 0.3) is 6.08 Å². The van der Waals surface area contributed by atoms with Crippen molar-refractivity contribution in [2.45, 2.75) is 20.5 Å². The third kappa shape index (κ3) is 5.76. The van der Waals surface area contributed by atoms with E-state index in [0.29, 0.717) is 44.1 Å². The quantitative estimate of drug-likeness (QED) is 0.292. The Hall–Kier alpha value is -1.05. The Kier molecular flexibility index (Phi) is 7.68. The second-order valence-electron chi connectivity index (χ2n) is 6.90. The zero-order valence-electron chi connectivity index (χ0n) is 15.7.